The van der Waals surface area contributed by atoms with E-state index >= 15 is 0 Å². The lowest BCUT2D eigenvalue weighted by molar-refractivity contribution is 0.0950. The first-order valence-corrected chi connectivity index (χ1v) is 5.77. The summed E-state index contributed by atoms with van der Waals surface area (Å²) in [4.78, 5) is 25.0. The minimum Gasteiger partial charge on any atom is -0.508 e. The predicted octanol–water partition coefficient (Wildman–Crippen LogP) is 1.07. The van der Waals surface area contributed by atoms with Crippen LogP contribution in [0.3, 0.4) is 0 Å². The Kier molecular flexibility index (Phi) is 3.24. The fourth-order valence-electron chi connectivity index (χ4n) is 1.33. The van der Waals surface area contributed by atoms with Crippen LogP contribution in [0.15, 0.2) is 34.4 Å². The van der Waals surface area contributed by atoms with Crippen LogP contribution < -0.4 is 10.2 Å². The second-order valence-electron chi connectivity index (χ2n) is 3.41. The quantitative estimate of drug-likeness (QED) is 0.762. The van der Waals surface area contributed by atoms with Gasteiger partial charge in [0.25, 0.3) is 5.91 Å². The number of carbonyl (C=O) groups excluding carboxylic acids is 1. The maximum absolute atomic E-state index is 11.7. The van der Waals surface area contributed by atoms with Crippen LogP contribution in [0.25, 0.3) is 0 Å². The van der Waals surface area contributed by atoms with Crippen LogP contribution in [0.1, 0.15) is 16.1 Å². The molecule has 1 aromatic carbocycles. The number of benzene rings is 1. The number of aromatic amines is 1. The van der Waals surface area contributed by atoms with Gasteiger partial charge in [0.15, 0.2) is 0 Å². The molecule has 0 bridgehead atoms. The predicted molar refractivity (Wildman–Crippen MR) is 64.2 cm³/mol. The summed E-state index contributed by atoms with van der Waals surface area (Å²) in [6.45, 7) is 0.257. The highest BCUT2D eigenvalue weighted by Gasteiger charge is 2.06. The van der Waals surface area contributed by atoms with Crippen LogP contribution in [0.2, 0.25) is 0 Å². The lowest BCUT2D eigenvalue weighted by Gasteiger charge is -2.03. The Morgan fingerprint density at radius 2 is 2.29 bits per heavy atom. The highest BCUT2D eigenvalue weighted by atomic mass is 32.1. The molecule has 17 heavy (non-hydrogen) atoms. The number of phenolic OH excluding ortho intramolecular Hbond substituents is 1. The lowest BCUT2D eigenvalue weighted by atomic mass is 10.2. The molecule has 88 valence electrons. The zero-order valence-electron chi connectivity index (χ0n) is 8.77. The van der Waals surface area contributed by atoms with E-state index in [0.29, 0.717) is 11.3 Å². The van der Waals surface area contributed by atoms with Gasteiger partial charge in [0, 0.05) is 16.6 Å². The minimum absolute atomic E-state index is 0.0431. The van der Waals surface area contributed by atoms with E-state index in [4.69, 9.17) is 0 Å². The molecule has 1 aromatic heterocycles. The molecule has 0 unspecified atom stereocenters. The molecule has 2 aromatic rings. The third-order valence-corrected chi connectivity index (χ3v) is 2.84. The molecule has 0 aliphatic heterocycles. The van der Waals surface area contributed by atoms with E-state index in [2.05, 4.69) is 10.3 Å². The second kappa shape index (κ2) is 4.84. The highest BCUT2D eigenvalue weighted by molar-refractivity contribution is 7.07. The van der Waals surface area contributed by atoms with E-state index < -0.39 is 0 Å². The average molecular weight is 250 g/mol. The Balaban J connectivity index is 2.00. The Morgan fingerprint density at radius 1 is 1.47 bits per heavy atom. The number of hydrogen-bond acceptors (Lipinski definition) is 4. The minimum atomic E-state index is -0.298. The topological polar surface area (TPSA) is 82.2 Å². The monoisotopic (exact) mass is 250 g/mol. The van der Waals surface area contributed by atoms with E-state index in [1.165, 1.54) is 12.1 Å². The molecule has 0 aliphatic rings. The lowest BCUT2D eigenvalue weighted by Crippen LogP contribution is -2.23. The van der Waals surface area contributed by atoms with Crippen molar-refractivity contribution in [1.29, 1.82) is 0 Å². The average Bonchev–Trinajstić information content (AvgIpc) is 2.72. The van der Waals surface area contributed by atoms with Crippen molar-refractivity contribution >= 4 is 17.2 Å². The Labute approximate surface area is 101 Å². The molecule has 0 radical (unpaired) electrons. The highest BCUT2D eigenvalue weighted by Crippen LogP contribution is 2.10. The standard InChI is InChI=1S/C11H10N2O3S/c14-9-3-1-2-7(4-9)10(15)12-5-8-6-17-11(16)13-8/h1-4,6,14H,5H2,(H,12,15)(H,13,16). The number of phenols is 1. The van der Waals surface area contributed by atoms with Gasteiger partial charge in [-0.25, -0.2) is 0 Å². The summed E-state index contributed by atoms with van der Waals surface area (Å²) >= 11 is 1.05. The van der Waals surface area contributed by atoms with Crippen molar-refractivity contribution in [3.05, 3.63) is 50.6 Å². The van der Waals surface area contributed by atoms with Crippen molar-refractivity contribution in [3.63, 3.8) is 0 Å². The van der Waals surface area contributed by atoms with Gasteiger partial charge in [0.1, 0.15) is 5.75 Å². The largest absolute Gasteiger partial charge is 0.508 e. The molecule has 2 rings (SSSR count). The van der Waals surface area contributed by atoms with Gasteiger partial charge in [-0.15, -0.1) is 0 Å². The van der Waals surface area contributed by atoms with Gasteiger partial charge in [-0.2, -0.15) is 0 Å². The number of thiazole rings is 1. The molecule has 0 aliphatic carbocycles. The fourth-order valence-corrected chi connectivity index (χ4v) is 1.91. The summed E-state index contributed by atoms with van der Waals surface area (Å²) in [5, 5.41) is 13.5. The Morgan fingerprint density at radius 3 is 2.94 bits per heavy atom. The molecular weight excluding hydrogens is 240 g/mol. The van der Waals surface area contributed by atoms with E-state index in [9.17, 15) is 14.7 Å². The van der Waals surface area contributed by atoms with Gasteiger partial charge in [-0.05, 0) is 18.2 Å². The third kappa shape index (κ3) is 2.94. The van der Waals surface area contributed by atoms with E-state index in [1.807, 2.05) is 0 Å². The van der Waals surface area contributed by atoms with Crippen LogP contribution in [0.4, 0.5) is 0 Å². The van der Waals surface area contributed by atoms with Gasteiger partial charge in [-0.1, -0.05) is 17.4 Å². The first-order chi connectivity index (χ1) is 8.15. The van der Waals surface area contributed by atoms with Crippen LogP contribution in [-0.2, 0) is 6.54 Å². The SMILES string of the molecule is O=C(NCc1csc(=O)[nH]1)c1cccc(O)c1. The normalized spacial score (nSPS) is 10.1. The molecule has 6 heteroatoms. The van der Waals surface area contributed by atoms with E-state index in [1.54, 1.807) is 17.5 Å². The van der Waals surface area contributed by atoms with Gasteiger partial charge < -0.3 is 15.4 Å². The Bertz CT molecular complexity index is 588. The fraction of sp³-hybridized carbons (Fsp3) is 0.0909. The van der Waals surface area contributed by atoms with Gasteiger partial charge in [0.05, 0.1) is 6.54 Å². The maximum Gasteiger partial charge on any atom is 0.304 e. The summed E-state index contributed by atoms with van der Waals surface area (Å²) < 4.78 is 0. The summed E-state index contributed by atoms with van der Waals surface area (Å²) in [5.41, 5.74) is 1.04. The molecule has 1 amide bonds. The zero-order valence-corrected chi connectivity index (χ0v) is 9.58. The molecule has 5 nitrogen and oxygen atoms in total. The van der Waals surface area contributed by atoms with Gasteiger partial charge in [0.2, 0.25) is 0 Å². The second-order valence-corrected chi connectivity index (χ2v) is 4.25. The van der Waals surface area contributed by atoms with Crippen molar-refractivity contribution in [2.75, 3.05) is 0 Å². The van der Waals surface area contributed by atoms with E-state index in [0.717, 1.165) is 11.3 Å². The number of rotatable bonds is 3. The number of carbonyl (C=O) groups is 1. The van der Waals surface area contributed by atoms with Crippen molar-refractivity contribution in [1.82, 2.24) is 10.3 Å². The van der Waals surface area contributed by atoms with Gasteiger partial charge in [-0.3, -0.25) is 9.59 Å². The number of hydrogen-bond donors (Lipinski definition) is 3. The molecular formula is C11H10N2O3S. The molecule has 0 saturated carbocycles. The number of nitrogens with one attached hydrogen (secondary N) is 2. The molecule has 3 N–H and O–H groups in total. The summed E-state index contributed by atoms with van der Waals surface area (Å²) in [6.07, 6.45) is 0. The number of amides is 1. The van der Waals surface area contributed by atoms with Crippen molar-refractivity contribution in [3.8, 4) is 5.75 Å². The van der Waals surface area contributed by atoms with Gasteiger partial charge >= 0.3 is 4.87 Å². The smallest absolute Gasteiger partial charge is 0.304 e. The summed E-state index contributed by atoms with van der Waals surface area (Å²) in [7, 11) is 0. The first-order valence-electron chi connectivity index (χ1n) is 4.89. The Hall–Kier alpha value is -2.08. The molecule has 0 fully saturated rings. The first kappa shape index (κ1) is 11.4. The molecule has 0 saturated heterocycles. The number of H-pyrrole nitrogens is 1. The van der Waals surface area contributed by atoms with Crippen LogP contribution in [-0.4, -0.2) is 16.0 Å². The van der Waals surface area contributed by atoms with Crippen molar-refractivity contribution in [2.24, 2.45) is 0 Å². The molecule has 0 spiro atoms. The zero-order chi connectivity index (χ0) is 12.3. The van der Waals surface area contributed by atoms with Crippen LogP contribution >= 0.6 is 11.3 Å². The third-order valence-electron chi connectivity index (χ3n) is 2.12. The van der Waals surface area contributed by atoms with Crippen molar-refractivity contribution in [2.45, 2.75) is 6.54 Å². The molecule has 0 atom stereocenters. The number of aromatic nitrogens is 1. The van der Waals surface area contributed by atoms with Crippen molar-refractivity contribution < 1.29 is 9.90 Å². The van der Waals surface area contributed by atoms with E-state index in [-0.39, 0.29) is 23.1 Å². The van der Waals surface area contributed by atoms with Crippen LogP contribution in [0, 0.1) is 0 Å². The summed E-state index contributed by atoms with van der Waals surface area (Å²) in [5.74, 6) is -0.255. The van der Waals surface area contributed by atoms with Crippen LogP contribution in [0.5, 0.6) is 5.75 Å². The summed E-state index contributed by atoms with van der Waals surface area (Å²) in [6, 6.07) is 6.07. The number of aromatic hydroxyl groups is 1. The molecule has 1 heterocycles. The maximum atomic E-state index is 11.7.